The molecule has 7 heteroatoms. The van der Waals surface area contributed by atoms with Crippen LogP contribution in [0.25, 0.3) is 0 Å². The van der Waals surface area contributed by atoms with Crippen molar-refractivity contribution in [2.24, 2.45) is 5.73 Å². The molecule has 0 spiro atoms. The van der Waals surface area contributed by atoms with E-state index >= 15 is 0 Å². The van der Waals surface area contributed by atoms with Crippen LogP contribution < -0.4 is 10.5 Å². The number of hydrogen-bond acceptors (Lipinski definition) is 5. The van der Waals surface area contributed by atoms with Gasteiger partial charge in [-0.3, -0.25) is 9.71 Å². The van der Waals surface area contributed by atoms with Gasteiger partial charge in [-0.15, -0.1) is 0 Å². The summed E-state index contributed by atoms with van der Waals surface area (Å²) in [6.45, 7) is 0.543. The van der Waals surface area contributed by atoms with E-state index in [1.165, 1.54) is 0 Å². The Bertz CT molecular complexity index is 529. The molecule has 0 bridgehead atoms. The third kappa shape index (κ3) is 3.89. The molecule has 1 atom stereocenters. The summed E-state index contributed by atoms with van der Waals surface area (Å²) in [5.41, 5.74) is 7.14. The van der Waals surface area contributed by atoms with Gasteiger partial charge in [-0.1, -0.05) is 0 Å². The van der Waals surface area contributed by atoms with Crippen molar-refractivity contribution in [2.75, 3.05) is 18.4 Å². The molecule has 1 aromatic heterocycles. The predicted octanol–water partition coefficient (Wildman–Crippen LogP) is 1.02. The van der Waals surface area contributed by atoms with Crippen LogP contribution in [0.5, 0.6) is 0 Å². The number of pyridine rings is 1. The molecule has 1 fully saturated rings. The van der Waals surface area contributed by atoms with Crippen LogP contribution in [0, 0.1) is 0 Å². The zero-order chi connectivity index (χ0) is 13.9. The van der Waals surface area contributed by atoms with Crippen molar-refractivity contribution < 1.29 is 13.2 Å². The molecule has 1 heterocycles. The second-order valence-electron chi connectivity index (χ2n) is 4.70. The number of hydrogen-bond donors (Lipinski definition) is 2. The van der Waals surface area contributed by atoms with Gasteiger partial charge in [0.05, 0.1) is 16.6 Å². The molecule has 6 nitrogen and oxygen atoms in total. The summed E-state index contributed by atoms with van der Waals surface area (Å²) in [7, 11) is -1.63. The Morgan fingerprint density at radius 1 is 1.58 bits per heavy atom. The van der Waals surface area contributed by atoms with E-state index in [0.717, 1.165) is 12.8 Å². The zero-order valence-electron chi connectivity index (χ0n) is 10.9. The van der Waals surface area contributed by atoms with Crippen molar-refractivity contribution in [2.45, 2.75) is 30.6 Å². The van der Waals surface area contributed by atoms with Crippen LogP contribution in [0.4, 0.5) is 5.69 Å². The normalized spacial score (nSPS) is 17.2. The summed E-state index contributed by atoms with van der Waals surface area (Å²) in [5, 5.41) is -0.244. The lowest BCUT2D eigenvalue weighted by Crippen LogP contribution is -2.18. The number of sulfonamides is 1. The first-order chi connectivity index (χ1) is 9.03. The highest BCUT2D eigenvalue weighted by Gasteiger charge is 2.35. The van der Waals surface area contributed by atoms with Gasteiger partial charge in [0, 0.05) is 26.0 Å². The van der Waals surface area contributed by atoms with Crippen LogP contribution in [-0.4, -0.2) is 32.4 Å². The Morgan fingerprint density at radius 2 is 2.32 bits per heavy atom. The van der Waals surface area contributed by atoms with Crippen molar-refractivity contribution in [3.05, 3.63) is 24.0 Å². The molecule has 2 rings (SSSR count). The average molecular weight is 285 g/mol. The molecule has 0 saturated heterocycles. The molecule has 1 unspecified atom stereocenters. The number of nitrogens with one attached hydrogen (secondary N) is 1. The van der Waals surface area contributed by atoms with E-state index in [2.05, 4.69) is 9.71 Å². The van der Waals surface area contributed by atoms with Crippen LogP contribution in [0.1, 0.15) is 31.0 Å². The molecule has 0 aliphatic heterocycles. The fraction of sp³-hybridized carbons (Fsp3) is 0.583. The third-order valence-electron chi connectivity index (χ3n) is 3.02. The topological polar surface area (TPSA) is 94.3 Å². The van der Waals surface area contributed by atoms with Gasteiger partial charge in [0.1, 0.15) is 0 Å². The van der Waals surface area contributed by atoms with Crippen LogP contribution in [0.3, 0.4) is 0 Å². The van der Waals surface area contributed by atoms with Crippen LogP contribution >= 0.6 is 0 Å². The standard InChI is InChI=1S/C12H19N3O3S/c1-18-7-5-11(13)12-8-9(4-6-14-12)15-19(16,17)10-2-3-10/h4,6,8,10-11H,2-3,5,7,13H2,1H3,(H,14,15). The smallest absolute Gasteiger partial charge is 0.235 e. The molecular weight excluding hydrogens is 266 g/mol. The fourth-order valence-corrected chi connectivity index (χ4v) is 3.11. The summed E-state index contributed by atoms with van der Waals surface area (Å²) in [5.74, 6) is 0. The first kappa shape index (κ1) is 14.2. The first-order valence-electron chi connectivity index (χ1n) is 6.25. The third-order valence-corrected chi connectivity index (χ3v) is 4.89. The highest BCUT2D eigenvalue weighted by atomic mass is 32.2. The Hall–Kier alpha value is -1.18. The second kappa shape index (κ2) is 5.85. The van der Waals surface area contributed by atoms with Gasteiger partial charge in [0.25, 0.3) is 0 Å². The monoisotopic (exact) mass is 285 g/mol. The average Bonchev–Trinajstić information content (AvgIpc) is 3.20. The SMILES string of the molecule is COCCC(N)c1cc(NS(=O)(=O)C2CC2)ccn1. The van der Waals surface area contributed by atoms with Crippen molar-refractivity contribution in [1.82, 2.24) is 4.98 Å². The minimum atomic E-state index is -3.24. The summed E-state index contributed by atoms with van der Waals surface area (Å²) in [6, 6.07) is 3.05. The van der Waals surface area contributed by atoms with Crippen LogP contribution in [0.15, 0.2) is 18.3 Å². The molecule has 1 aromatic rings. The molecule has 1 aliphatic carbocycles. The Morgan fingerprint density at radius 3 is 2.95 bits per heavy atom. The number of nitrogens with zero attached hydrogens (tertiary/aromatic N) is 1. The van der Waals surface area contributed by atoms with Gasteiger partial charge in [0.2, 0.25) is 10.0 Å². The highest BCUT2D eigenvalue weighted by Crippen LogP contribution is 2.29. The van der Waals surface area contributed by atoms with E-state index in [4.69, 9.17) is 10.5 Å². The van der Waals surface area contributed by atoms with Crippen molar-refractivity contribution in [1.29, 1.82) is 0 Å². The molecule has 19 heavy (non-hydrogen) atoms. The summed E-state index contributed by atoms with van der Waals surface area (Å²) < 4.78 is 31.2. The van der Waals surface area contributed by atoms with Gasteiger partial charge in [-0.05, 0) is 31.4 Å². The predicted molar refractivity (Wildman–Crippen MR) is 73.2 cm³/mol. The van der Waals surface area contributed by atoms with E-state index in [-0.39, 0.29) is 11.3 Å². The van der Waals surface area contributed by atoms with Gasteiger partial charge >= 0.3 is 0 Å². The molecule has 0 aromatic carbocycles. The van der Waals surface area contributed by atoms with Crippen molar-refractivity contribution in [3.63, 3.8) is 0 Å². The quantitative estimate of drug-likeness (QED) is 0.780. The van der Waals surface area contributed by atoms with E-state index in [1.54, 1.807) is 25.4 Å². The molecular formula is C12H19N3O3S. The van der Waals surface area contributed by atoms with Gasteiger partial charge in [-0.2, -0.15) is 0 Å². The maximum absolute atomic E-state index is 11.8. The van der Waals surface area contributed by atoms with E-state index in [9.17, 15) is 8.42 Å². The number of rotatable bonds is 7. The first-order valence-corrected chi connectivity index (χ1v) is 7.79. The van der Waals surface area contributed by atoms with Crippen LogP contribution in [-0.2, 0) is 14.8 Å². The molecule has 3 N–H and O–H groups in total. The summed E-state index contributed by atoms with van der Waals surface area (Å²) in [4.78, 5) is 4.17. The Balaban J connectivity index is 2.06. The van der Waals surface area contributed by atoms with Gasteiger partial charge in [-0.25, -0.2) is 8.42 Å². The number of aromatic nitrogens is 1. The summed E-state index contributed by atoms with van der Waals surface area (Å²) >= 11 is 0. The van der Waals surface area contributed by atoms with E-state index < -0.39 is 10.0 Å². The minimum Gasteiger partial charge on any atom is -0.385 e. The lowest BCUT2D eigenvalue weighted by atomic mass is 10.1. The fourth-order valence-electron chi connectivity index (χ4n) is 1.73. The van der Waals surface area contributed by atoms with Gasteiger partial charge in [0.15, 0.2) is 0 Å². The summed E-state index contributed by atoms with van der Waals surface area (Å²) in [6.07, 6.45) is 3.68. The maximum Gasteiger partial charge on any atom is 0.235 e. The number of ether oxygens (including phenoxy) is 1. The molecule has 0 radical (unpaired) electrons. The number of nitrogens with two attached hydrogens (primary N) is 1. The minimum absolute atomic E-state index is 0.244. The second-order valence-corrected chi connectivity index (χ2v) is 6.66. The van der Waals surface area contributed by atoms with Crippen LogP contribution in [0.2, 0.25) is 0 Å². The highest BCUT2D eigenvalue weighted by molar-refractivity contribution is 7.93. The maximum atomic E-state index is 11.8. The molecule has 0 amide bonds. The number of methoxy groups -OCH3 is 1. The van der Waals surface area contributed by atoms with E-state index in [0.29, 0.717) is 24.4 Å². The zero-order valence-corrected chi connectivity index (χ0v) is 11.7. The van der Waals surface area contributed by atoms with Crippen molar-refractivity contribution >= 4 is 15.7 Å². The van der Waals surface area contributed by atoms with Crippen molar-refractivity contribution in [3.8, 4) is 0 Å². The molecule has 1 aliphatic rings. The lowest BCUT2D eigenvalue weighted by molar-refractivity contribution is 0.187. The number of anilines is 1. The Kier molecular flexibility index (Phi) is 4.38. The largest absolute Gasteiger partial charge is 0.385 e. The molecule has 106 valence electrons. The lowest BCUT2D eigenvalue weighted by Gasteiger charge is -2.12. The Labute approximate surface area is 113 Å². The van der Waals surface area contributed by atoms with E-state index in [1.807, 2.05) is 0 Å². The van der Waals surface area contributed by atoms with Gasteiger partial charge < -0.3 is 10.5 Å². The molecule has 1 saturated carbocycles.